The predicted molar refractivity (Wildman–Crippen MR) is 57.8 cm³/mol. The zero-order chi connectivity index (χ0) is 11.7. The van der Waals surface area contributed by atoms with Crippen molar-refractivity contribution in [1.82, 2.24) is 14.8 Å². The Morgan fingerprint density at radius 2 is 2.25 bits per heavy atom. The molecule has 2 rings (SSSR count). The summed E-state index contributed by atoms with van der Waals surface area (Å²) in [6.45, 7) is 1.75. The highest BCUT2D eigenvalue weighted by atomic mass is 35.5. The van der Waals surface area contributed by atoms with E-state index in [0.717, 1.165) is 0 Å². The summed E-state index contributed by atoms with van der Waals surface area (Å²) in [6, 6.07) is 2.92. The van der Waals surface area contributed by atoms with Crippen LogP contribution in [-0.2, 0) is 0 Å². The Morgan fingerprint density at radius 1 is 1.50 bits per heavy atom. The maximum Gasteiger partial charge on any atom is 0.288 e. The number of nitro benzene ring substituents is 1. The minimum atomic E-state index is -0.513. The quantitative estimate of drug-likeness (QED) is 0.593. The van der Waals surface area contributed by atoms with Gasteiger partial charge in [0.25, 0.3) is 5.69 Å². The molecule has 0 aliphatic heterocycles. The summed E-state index contributed by atoms with van der Waals surface area (Å²) >= 11 is 5.81. The number of hydrogen-bond acceptors (Lipinski definition) is 4. The Labute approximate surface area is 95.6 Å². The third kappa shape index (κ3) is 1.74. The topological polar surface area (TPSA) is 73.8 Å². The van der Waals surface area contributed by atoms with Gasteiger partial charge in [-0.15, -0.1) is 0 Å². The second-order valence-corrected chi connectivity index (χ2v) is 3.59. The van der Waals surface area contributed by atoms with Crippen LogP contribution in [0, 0.1) is 17.0 Å². The average molecular weight is 239 g/mol. The molecular formula is C9H7ClN4O2. The number of benzene rings is 1. The van der Waals surface area contributed by atoms with Crippen LogP contribution in [0.1, 0.15) is 5.56 Å². The van der Waals surface area contributed by atoms with E-state index >= 15 is 0 Å². The lowest BCUT2D eigenvalue weighted by Crippen LogP contribution is -1.99. The van der Waals surface area contributed by atoms with Gasteiger partial charge >= 0.3 is 0 Å². The molecule has 0 amide bonds. The highest BCUT2D eigenvalue weighted by molar-refractivity contribution is 6.32. The lowest BCUT2D eigenvalue weighted by Gasteiger charge is -2.05. The number of aromatic nitrogens is 3. The van der Waals surface area contributed by atoms with Crippen molar-refractivity contribution < 1.29 is 4.92 Å². The van der Waals surface area contributed by atoms with E-state index in [1.807, 2.05) is 0 Å². The highest BCUT2D eigenvalue weighted by Crippen LogP contribution is 2.29. The number of rotatable bonds is 2. The summed E-state index contributed by atoms with van der Waals surface area (Å²) < 4.78 is 1.50. The predicted octanol–water partition coefficient (Wildman–Crippen LogP) is 2.14. The third-order valence-electron chi connectivity index (χ3n) is 2.13. The summed E-state index contributed by atoms with van der Waals surface area (Å²) in [4.78, 5) is 13.9. The fraction of sp³-hybridized carbons (Fsp3) is 0.111. The van der Waals surface area contributed by atoms with Crippen molar-refractivity contribution in [2.24, 2.45) is 0 Å². The fourth-order valence-electron chi connectivity index (χ4n) is 1.38. The summed E-state index contributed by atoms with van der Waals surface area (Å²) in [6.07, 6.45) is 2.89. The van der Waals surface area contributed by atoms with E-state index in [2.05, 4.69) is 10.1 Å². The first-order valence-electron chi connectivity index (χ1n) is 4.39. The molecule has 82 valence electrons. The number of hydrogen-bond donors (Lipinski definition) is 0. The van der Waals surface area contributed by atoms with Crippen molar-refractivity contribution in [2.45, 2.75) is 6.92 Å². The van der Waals surface area contributed by atoms with Gasteiger partial charge in [-0.25, -0.2) is 9.67 Å². The summed E-state index contributed by atoms with van der Waals surface area (Å²) in [5.74, 6) is 0. The molecule has 0 bridgehead atoms. The molecule has 0 N–H and O–H groups in total. The van der Waals surface area contributed by atoms with Crippen LogP contribution >= 0.6 is 11.6 Å². The molecule has 0 spiro atoms. The molecule has 7 heteroatoms. The lowest BCUT2D eigenvalue weighted by atomic mass is 10.2. The van der Waals surface area contributed by atoms with E-state index in [9.17, 15) is 10.1 Å². The Kier molecular flexibility index (Phi) is 2.57. The van der Waals surface area contributed by atoms with Crippen LogP contribution in [0.25, 0.3) is 5.69 Å². The van der Waals surface area contributed by atoms with Crippen molar-refractivity contribution in [3.05, 3.63) is 45.5 Å². The number of nitro groups is 1. The maximum atomic E-state index is 10.7. The molecule has 1 aromatic carbocycles. The Morgan fingerprint density at radius 3 is 2.81 bits per heavy atom. The van der Waals surface area contributed by atoms with Gasteiger partial charge in [-0.2, -0.15) is 5.10 Å². The van der Waals surface area contributed by atoms with E-state index < -0.39 is 4.92 Å². The maximum absolute atomic E-state index is 10.7. The van der Waals surface area contributed by atoms with Gasteiger partial charge in [0.15, 0.2) is 0 Å². The number of nitrogens with zero attached hydrogens (tertiary/aromatic N) is 4. The Balaban J connectivity index is 2.59. The van der Waals surface area contributed by atoms with E-state index in [1.54, 1.807) is 6.92 Å². The molecule has 0 aliphatic carbocycles. The standard InChI is InChI=1S/C9H7ClN4O2/c1-6-2-9(14(15)16)7(10)3-8(6)13-5-11-4-12-13/h2-5H,1H3. The minimum Gasteiger partial charge on any atom is -0.258 e. The average Bonchev–Trinajstić information content (AvgIpc) is 2.73. The van der Waals surface area contributed by atoms with Gasteiger partial charge < -0.3 is 0 Å². The van der Waals surface area contributed by atoms with Crippen molar-refractivity contribution in [3.63, 3.8) is 0 Å². The molecule has 16 heavy (non-hydrogen) atoms. The molecule has 0 atom stereocenters. The molecule has 0 saturated heterocycles. The van der Waals surface area contributed by atoms with E-state index in [0.29, 0.717) is 11.3 Å². The van der Waals surface area contributed by atoms with Crippen molar-refractivity contribution in [3.8, 4) is 5.69 Å². The molecular weight excluding hydrogens is 232 g/mol. The number of halogens is 1. The molecule has 0 saturated carbocycles. The van der Waals surface area contributed by atoms with Crippen LogP contribution in [0.5, 0.6) is 0 Å². The molecule has 0 radical (unpaired) electrons. The molecule has 0 aliphatic rings. The number of aryl methyl sites for hydroxylation is 1. The molecule has 0 unspecified atom stereocenters. The normalized spacial score (nSPS) is 10.4. The highest BCUT2D eigenvalue weighted by Gasteiger charge is 2.15. The second kappa shape index (κ2) is 3.90. The largest absolute Gasteiger partial charge is 0.288 e. The van der Waals surface area contributed by atoms with Gasteiger partial charge in [0.1, 0.15) is 17.7 Å². The Bertz CT molecular complexity index is 539. The molecule has 6 nitrogen and oxygen atoms in total. The van der Waals surface area contributed by atoms with Crippen LogP contribution in [0.15, 0.2) is 24.8 Å². The first kappa shape index (κ1) is 10.6. The van der Waals surface area contributed by atoms with Crippen LogP contribution in [0.3, 0.4) is 0 Å². The van der Waals surface area contributed by atoms with E-state index in [4.69, 9.17) is 11.6 Å². The fourth-order valence-corrected chi connectivity index (χ4v) is 1.60. The Hall–Kier alpha value is -1.95. The first-order chi connectivity index (χ1) is 7.59. The molecule has 1 aromatic heterocycles. The van der Waals surface area contributed by atoms with Crippen LogP contribution in [-0.4, -0.2) is 19.7 Å². The first-order valence-corrected chi connectivity index (χ1v) is 4.77. The van der Waals surface area contributed by atoms with Crippen molar-refractivity contribution in [2.75, 3.05) is 0 Å². The van der Waals surface area contributed by atoms with Crippen molar-refractivity contribution >= 4 is 17.3 Å². The zero-order valence-corrected chi connectivity index (χ0v) is 9.05. The molecule has 0 fully saturated rings. The third-order valence-corrected chi connectivity index (χ3v) is 2.43. The lowest BCUT2D eigenvalue weighted by molar-refractivity contribution is -0.384. The summed E-state index contributed by atoms with van der Waals surface area (Å²) in [5.41, 5.74) is 1.28. The van der Waals surface area contributed by atoms with Crippen LogP contribution in [0.2, 0.25) is 5.02 Å². The van der Waals surface area contributed by atoms with Crippen molar-refractivity contribution in [1.29, 1.82) is 0 Å². The zero-order valence-electron chi connectivity index (χ0n) is 8.29. The van der Waals surface area contributed by atoms with Crippen LogP contribution < -0.4 is 0 Å². The molecule has 1 heterocycles. The smallest absolute Gasteiger partial charge is 0.258 e. The van der Waals surface area contributed by atoms with E-state index in [1.165, 1.54) is 29.5 Å². The summed E-state index contributed by atoms with van der Waals surface area (Å²) in [5, 5.41) is 14.7. The summed E-state index contributed by atoms with van der Waals surface area (Å²) in [7, 11) is 0. The van der Waals surface area contributed by atoms with Crippen LogP contribution in [0.4, 0.5) is 5.69 Å². The van der Waals surface area contributed by atoms with Gasteiger partial charge in [-0.3, -0.25) is 10.1 Å². The van der Waals surface area contributed by atoms with Gasteiger partial charge in [0, 0.05) is 6.07 Å². The second-order valence-electron chi connectivity index (χ2n) is 3.19. The van der Waals surface area contributed by atoms with Gasteiger partial charge in [0.2, 0.25) is 0 Å². The monoisotopic (exact) mass is 238 g/mol. The van der Waals surface area contributed by atoms with Gasteiger partial charge in [-0.05, 0) is 18.6 Å². The molecule has 2 aromatic rings. The van der Waals surface area contributed by atoms with Gasteiger partial charge in [-0.1, -0.05) is 11.6 Å². The van der Waals surface area contributed by atoms with E-state index in [-0.39, 0.29) is 10.7 Å². The SMILES string of the molecule is Cc1cc([N+](=O)[O-])c(Cl)cc1-n1cncn1. The minimum absolute atomic E-state index is 0.0844. The van der Waals surface area contributed by atoms with Gasteiger partial charge in [0.05, 0.1) is 10.6 Å².